The molecule has 1 N–H and O–H groups in total. The summed E-state index contributed by atoms with van der Waals surface area (Å²) in [5.41, 5.74) is 4.25. The van der Waals surface area contributed by atoms with Gasteiger partial charge >= 0.3 is 0 Å². The van der Waals surface area contributed by atoms with Gasteiger partial charge in [-0.15, -0.1) is 6.58 Å². The zero-order chi connectivity index (χ0) is 16.9. The van der Waals surface area contributed by atoms with E-state index in [1.54, 1.807) is 12.1 Å². The standard InChI is InChI=1S/C20H21N3O/c1-2-10-23-19-8-7-18(12-17(19)6-9-20(23)24)22-14-16-5-3-4-15(11-16)13-21/h2-6,9,11,18,22H,1,7-8,10,12,14H2. The summed E-state index contributed by atoms with van der Waals surface area (Å²) in [6.45, 7) is 5.07. The van der Waals surface area contributed by atoms with E-state index in [0.717, 1.165) is 37.1 Å². The lowest BCUT2D eigenvalue weighted by Gasteiger charge is -2.27. The first-order valence-corrected chi connectivity index (χ1v) is 8.26. The van der Waals surface area contributed by atoms with Gasteiger partial charge in [-0.2, -0.15) is 5.26 Å². The van der Waals surface area contributed by atoms with E-state index in [1.165, 1.54) is 5.56 Å². The number of nitrogens with one attached hydrogen (secondary N) is 1. The maximum absolute atomic E-state index is 12.0. The Morgan fingerprint density at radius 3 is 3.04 bits per heavy atom. The minimum atomic E-state index is 0.0494. The van der Waals surface area contributed by atoms with Gasteiger partial charge in [0.05, 0.1) is 11.6 Å². The summed E-state index contributed by atoms with van der Waals surface area (Å²) in [6.07, 6.45) is 4.60. The lowest BCUT2D eigenvalue weighted by atomic mass is 9.91. The number of nitrogens with zero attached hydrogens (tertiary/aromatic N) is 2. The highest BCUT2D eigenvalue weighted by Gasteiger charge is 2.20. The fourth-order valence-corrected chi connectivity index (χ4v) is 3.34. The molecule has 1 aliphatic rings. The van der Waals surface area contributed by atoms with Crippen molar-refractivity contribution in [2.75, 3.05) is 0 Å². The first-order chi connectivity index (χ1) is 11.7. The van der Waals surface area contributed by atoms with Crippen molar-refractivity contribution in [2.45, 2.75) is 38.4 Å². The molecule has 0 amide bonds. The van der Waals surface area contributed by atoms with E-state index in [0.29, 0.717) is 18.2 Å². The summed E-state index contributed by atoms with van der Waals surface area (Å²) in [4.78, 5) is 12.0. The van der Waals surface area contributed by atoms with Gasteiger partial charge in [-0.25, -0.2) is 0 Å². The Morgan fingerprint density at radius 2 is 2.25 bits per heavy atom. The van der Waals surface area contributed by atoms with E-state index in [9.17, 15) is 4.79 Å². The Hall–Kier alpha value is -2.64. The monoisotopic (exact) mass is 319 g/mol. The Balaban J connectivity index is 1.69. The molecule has 24 heavy (non-hydrogen) atoms. The van der Waals surface area contributed by atoms with Gasteiger partial charge in [0.2, 0.25) is 0 Å². The van der Waals surface area contributed by atoms with Crippen LogP contribution in [-0.2, 0) is 25.9 Å². The summed E-state index contributed by atoms with van der Waals surface area (Å²) < 4.78 is 1.83. The van der Waals surface area contributed by atoms with Crippen molar-refractivity contribution in [3.05, 3.63) is 81.8 Å². The molecule has 1 heterocycles. The van der Waals surface area contributed by atoms with Crippen molar-refractivity contribution >= 4 is 0 Å². The van der Waals surface area contributed by atoms with Crippen molar-refractivity contribution in [1.82, 2.24) is 9.88 Å². The minimum absolute atomic E-state index is 0.0494. The summed E-state index contributed by atoms with van der Waals surface area (Å²) in [6, 6.07) is 13.9. The fourth-order valence-electron chi connectivity index (χ4n) is 3.34. The Labute approximate surface area is 142 Å². The van der Waals surface area contributed by atoms with E-state index in [2.05, 4.69) is 18.0 Å². The van der Waals surface area contributed by atoms with Crippen LogP contribution in [-0.4, -0.2) is 10.6 Å². The maximum Gasteiger partial charge on any atom is 0.251 e. The highest BCUT2D eigenvalue weighted by Crippen LogP contribution is 2.20. The number of rotatable bonds is 5. The van der Waals surface area contributed by atoms with Gasteiger partial charge in [0.15, 0.2) is 0 Å². The summed E-state index contributed by atoms with van der Waals surface area (Å²) >= 11 is 0. The van der Waals surface area contributed by atoms with Gasteiger partial charge in [-0.1, -0.05) is 24.3 Å². The predicted octanol–water partition coefficient (Wildman–Crippen LogP) is 2.55. The third-order valence-electron chi connectivity index (χ3n) is 4.55. The van der Waals surface area contributed by atoms with Crippen LogP contribution in [0.25, 0.3) is 0 Å². The van der Waals surface area contributed by atoms with Crippen LogP contribution in [0, 0.1) is 11.3 Å². The van der Waals surface area contributed by atoms with Gasteiger partial charge in [0.1, 0.15) is 0 Å². The van der Waals surface area contributed by atoms with E-state index in [1.807, 2.05) is 34.9 Å². The molecule has 1 aliphatic carbocycles. The zero-order valence-electron chi connectivity index (χ0n) is 13.7. The molecule has 1 atom stereocenters. The Morgan fingerprint density at radius 1 is 1.38 bits per heavy atom. The van der Waals surface area contributed by atoms with Gasteiger partial charge in [-0.05, 0) is 42.5 Å². The van der Waals surface area contributed by atoms with Crippen LogP contribution in [0.15, 0.2) is 53.8 Å². The second-order valence-corrected chi connectivity index (χ2v) is 6.18. The van der Waals surface area contributed by atoms with E-state index >= 15 is 0 Å². The molecular weight excluding hydrogens is 298 g/mol. The number of aromatic nitrogens is 1. The highest BCUT2D eigenvalue weighted by molar-refractivity contribution is 5.33. The average molecular weight is 319 g/mol. The fraction of sp³-hybridized carbons (Fsp3) is 0.300. The molecule has 0 fully saturated rings. The molecular formula is C20H21N3O. The number of pyridine rings is 1. The van der Waals surface area contributed by atoms with Gasteiger partial charge in [-0.3, -0.25) is 4.79 Å². The van der Waals surface area contributed by atoms with Gasteiger partial charge in [0, 0.05) is 30.9 Å². The molecule has 3 rings (SSSR count). The lowest BCUT2D eigenvalue weighted by Crippen LogP contribution is -2.37. The number of fused-ring (bicyclic) bond motifs is 1. The van der Waals surface area contributed by atoms with Crippen molar-refractivity contribution in [3.8, 4) is 6.07 Å². The van der Waals surface area contributed by atoms with Crippen LogP contribution in [0.4, 0.5) is 0 Å². The summed E-state index contributed by atoms with van der Waals surface area (Å²) in [5, 5.41) is 12.6. The molecule has 0 radical (unpaired) electrons. The van der Waals surface area contributed by atoms with Gasteiger partial charge < -0.3 is 9.88 Å². The predicted molar refractivity (Wildman–Crippen MR) is 94.7 cm³/mol. The molecule has 1 aromatic carbocycles. The molecule has 0 bridgehead atoms. The van der Waals surface area contributed by atoms with E-state index in [4.69, 9.17) is 5.26 Å². The smallest absolute Gasteiger partial charge is 0.251 e. The number of allylic oxidation sites excluding steroid dienone is 1. The van der Waals surface area contributed by atoms with Gasteiger partial charge in [0.25, 0.3) is 5.56 Å². The van der Waals surface area contributed by atoms with Crippen LogP contribution < -0.4 is 10.9 Å². The maximum atomic E-state index is 12.0. The topological polar surface area (TPSA) is 57.8 Å². The minimum Gasteiger partial charge on any atom is -0.310 e. The molecule has 1 unspecified atom stereocenters. The van der Waals surface area contributed by atoms with Crippen LogP contribution in [0.3, 0.4) is 0 Å². The molecule has 0 saturated carbocycles. The van der Waals surface area contributed by atoms with Crippen LogP contribution in [0.2, 0.25) is 0 Å². The molecule has 2 aromatic rings. The molecule has 0 spiro atoms. The quantitative estimate of drug-likeness (QED) is 0.862. The molecule has 4 heteroatoms. The molecule has 1 aromatic heterocycles. The number of nitriles is 1. The third-order valence-corrected chi connectivity index (χ3v) is 4.55. The second kappa shape index (κ2) is 7.29. The SMILES string of the molecule is C=CCn1c2c(ccc1=O)CC(NCc1cccc(C#N)c1)CC2. The molecule has 122 valence electrons. The summed E-state index contributed by atoms with van der Waals surface area (Å²) in [7, 11) is 0. The average Bonchev–Trinajstić information content (AvgIpc) is 2.62. The van der Waals surface area contributed by atoms with Crippen molar-refractivity contribution < 1.29 is 0 Å². The third kappa shape index (κ3) is 3.47. The number of benzene rings is 1. The molecule has 0 aliphatic heterocycles. The largest absolute Gasteiger partial charge is 0.310 e. The first kappa shape index (κ1) is 16.2. The van der Waals surface area contributed by atoms with Crippen LogP contribution in [0.5, 0.6) is 0 Å². The van der Waals surface area contributed by atoms with Crippen molar-refractivity contribution in [1.29, 1.82) is 5.26 Å². The first-order valence-electron chi connectivity index (χ1n) is 8.26. The normalized spacial score (nSPS) is 16.2. The Bertz CT molecular complexity index is 845. The van der Waals surface area contributed by atoms with Crippen LogP contribution >= 0.6 is 0 Å². The highest BCUT2D eigenvalue weighted by atomic mass is 16.1. The Kier molecular flexibility index (Phi) is 4.93. The zero-order valence-corrected chi connectivity index (χ0v) is 13.7. The molecule has 4 nitrogen and oxygen atoms in total. The van der Waals surface area contributed by atoms with Crippen molar-refractivity contribution in [3.63, 3.8) is 0 Å². The second-order valence-electron chi connectivity index (χ2n) is 6.18. The lowest BCUT2D eigenvalue weighted by molar-refractivity contribution is 0.443. The number of hydrogen-bond donors (Lipinski definition) is 1. The van der Waals surface area contributed by atoms with Crippen molar-refractivity contribution in [2.24, 2.45) is 0 Å². The molecule has 0 saturated heterocycles. The van der Waals surface area contributed by atoms with E-state index < -0.39 is 0 Å². The van der Waals surface area contributed by atoms with E-state index in [-0.39, 0.29) is 5.56 Å². The summed E-state index contributed by atoms with van der Waals surface area (Å²) in [5.74, 6) is 0. The number of hydrogen-bond acceptors (Lipinski definition) is 3. The van der Waals surface area contributed by atoms with Crippen LogP contribution in [0.1, 0.15) is 28.8 Å².